The topological polar surface area (TPSA) is 200 Å². The van der Waals surface area contributed by atoms with Crippen LogP contribution in [-0.2, 0) is 47.5 Å². The number of aliphatic hydroxyl groups is 4. The number of esters is 2. The SMILES string of the molecule is CCC(=O)O[C@H]1[C@H](O[C@H]2[C@H](C)[C@@H](O[C@H]3C[C@@H](OC)[C@@H](O)[C@H](C)O3)[C@H](C)C(=O)O[C@@H](CC)[C@](C)(O)[C@@H](O)[C@H](C)C(=O)[C@@H](C)C[C@]2(C)O)O[C@H](C)C[C@@H]1N(C)C. The van der Waals surface area contributed by atoms with Crippen LogP contribution >= 0.6 is 0 Å². The average Bonchev–Trinajstić information content (AvgIpc) is 3.11. The first kappa shape index (κ1) is 46.6. The van der Waals surface area contributed by atoms with Gasteiger partial charge in [0, 0.05) is 37.7 Å². The zero-order chi connectivity index (χ0) is 41.0. The molecule has 0 bridgehead atoms. The van der Waals surface area contributed by atoms with E-state index >= 15 is 0 Å². The second-order valence-corrected chi connectivity index (χ2v) is 16.6. The molecule has 0 saturated carbocycles. The first-order valence-electron chi connectivity index (χ1n) is 19.6. The van der Waals surface area contributed by atoms with Crippen LogP contribution in [0.25, 0.3) is 0 Å². The molecule has 4 N–H and O–H groups in total. The molecule has 0 spiro atoms. The Kier molecular flexibility index (Phi) is 16.5. The fourth-order valence-electron chi connectivity index (χ4n) is 8.49. The molecule has 0 radical (unpaired) electrons. The lowest BCUT2D eigenvalue weighted by atomic mass is 9.74. The quantitative estimate of drug-likeness (QED) is 0.249. The number of likely N-dealkylation sites (N-methyl/N-ethyl adjacent to an activating group) is 1. The summed E-state index contributed by atoms with van der Waals surface area (Å²) >= 11 is 0. The number of aliphatic hydroxyl groups excluding tert-OH is 2. The Hall–Kier alpha value is -1.79. The molecule has 0 amide bonds. The molecular formula is C39H69NO14. The van der Waals surface area contributed by atoms with Gasteiger partial charge in [-0.1, -0.05) is 34.6 Å². The molecule has 3 rings (SSSR count). The smallest absolute Gasteiger partial charge is 0.311 e. The van der Waals surface area contributed by atoms with Crippen LogP contribution < -0.4 is 0 Å². The van der Waals surface area contributed by atoms with E-state index in [2.05, 4.69) is 0 Å². The number of cyclic esters (lactones) is 1. The lowest BCUT2D eigenvalue weighted by Crippen LogP contribution is -2.61. The van der Waals surface area contributed by atoms with Crippen molar-refractivity contribution in [3.8, 4) is 0 Å². The van der Waals surface area contributed by atoms with Gasteiger partial charge in [0.15, 0.2) is 18.7 Å². The van der Waals surface area contributed by atoms with Crippen molar-refractivity contribution in [3.63, 3.8) is 0 Å². The van der Waals surface area contributed by atoms with Crippen LogP contribution in [0.2, 0.25) is 0 Å². The average molecular weight is 776 g/mol. The van der Waals surface area contributed by atoms with Crippen LogP contribution in [0.15, 0.2) is 0 Å². The fourth-order valence-corrected chi connectivity index (χ4v) is 8.49. The normalized spacial score (nSPS) is 46.1. The molecule has 0 aromatic rings. The van der Waals surface area contributed by atoms with Crippen molar-refractivity contribution in [2.24, 2.45) is 23.7 Å². The third kappa shape index (κ3) is 10.6. The number of hydrogen-bond donors (Lipinski definition) is 4. The number of methoxy groups -OCH3 is 1. The van der Waals surface area contributed by atoms with E-state index < -0.39 is 114 Å². The van der Waals surface area contributed by atoms with Gasteiger partial charge < -0.3 is 58.5 Å². The molecule has 15 heteroatoms. The Morgan fingerprint density at radius 1 is 0.926 bits per heavy atom. The van der Waals surface area contributed by atoms with Gasteiger partial charge in [-0.15, -0.1) is 0 Å². The maximum absolute atomic E-state index is 14.1. The number of ketones is 1. The third-order valence-corrected chi connectivity index (χ3v) is 11.8. The Balaban J connectivity index is 2.22. The Morgan fingerprint density at radius 2 is 1.56 bits per heavy atom. The van der Waals surface area contributed by atoms with Gasteiger partial charge >= 0.3 is 11.9 Å². The molecule has 54 heavy (non-hydrogen) atoms. The van der Waals surface area contributed by atoms with Gasteiger partial charge in [-0.25, -0.2) is 0 Å². The molecule has 3 heterocycles. The molecule has 3 fully saturated rings. The largest absolute Gasteiger partial charge is 0.459 e. The van der Waals surface area contributed by atoms with E-state index in [1.165, 1.54) is 27.9 Å². The van der Waals surface area contributed by atoms with E-state index in [9.17, 15) is 34.8 Å². The minimum absolute atomic E-state index is 0.109. The number of hydrogen-bond acceptors (Lipinski definition) is 15. The number of carbonyl (C=O) groups is 3. The summed E-state index contributed by atoms with van der Waals surface area (Å²) in [6.07, 6.45) is -10.1. The second-order valence-electron chi connectivity index (χ2n) is 16.6. The van der Waals surface area contributed by atoms with E-state index in [0.29, 0.717) is 6.42 Å². The first-order valence-corrected chi connectivity index (χ1v) is 19.6. The summed E-state index contributed by atoms with van der Waals surface area (Å²) in [6, 6.07) is -0.315. The summed E-state index contributed by atoms with van der Waals surface area (Å²) in [5.74, 6) is -5.55. The molecule has 0 aliphatic carbocycles. The number of rotatable bonds is 9. The molecule has 3 aliphatic rings. The van der Waals surface area contributed by atoms with Gasteiger partial charge in [-0.05, 0) is 68.0 Å². The highest BCUT2D eigenvalue weighted by Crippen LogP contribution is 2.40. The molecule has 0 aromatic carbocycles. The molecule has 3 aliphatic heterocycles. The molecule has 0 unspecified atom stereocenters. The van der Waals surface area contributed by atoms with Crippen LogP contribution in [0.4, 0.5) is 0 Å². The maximum atomic E-state index is 14.1. The van der Waals surface area contributed by atoms with Gasteiger partial charge in [0.05, 0.1) is 54.2 Å². The van der Waals surface area contributed by atoms with Crippen molar-refractivity contribution in [1.82, 2.24) is 4.90 Å². The highest BCUT2D eigenvalue weighted by Gasteiger charge is 2.53. The van der Waals surface area contributed by atoms with Crippen molar-refractivity contribution in [2.45, 2.75) is 186 Å². The lowest BCUT2D eigenvalue weighted by molar-refractivity contribution is -0.313. The monoisotopic (exact) mass is 775 g/mol. The van der Waals surface area contributed by atoms with Crippen LogP contribution in [0.5, 0.6) is 0 Å². The number of carbonyl (C=O) groups excluding carboxylic acids is 3. The van der Waals surface area contributed by atoms with Crippen molar-refractivity contribution < 1.29 is 68.0 Å². The summed E-state index contributed by atoms with van der Waals surface area (Å²) < 4.78 is 43.2. The molecule has 18 atom stereocenters. The summed E-state index contributed by atoms with van der Waals surface area (Å²) in [5, 5.41) is 46.2. The van der Waals surface area contributed by atoms with E-state index in [-0.39, 0.29) is 37.8 Å². The van der Waals surface area contributed by atoms with Gasteiger partial charge in [0.1, 0.15) is 23.6 Å². The minimum Gasteiger partial charge on any atom is -0.459 e. The summed E-state index contributed by atoms with van der Waals surface area (Å²) in [4.78, 5) is 42.8. The van der Waals surface area contributed by atoms with Crippen LogP contribution in [0.3, 0.4) is 0 Å². The second kappa shape index (κ2) is 19.1. The number of nitrogens with zero attached hydrogens (tertiary/aromatic N) is 1. The van der Waals surface area contributed by atoms with E-state index in [1.807, 2.05) is 25.9 Å². The lowest BCUT2D eigenvalue weighted by Gasteiger charge is -2.48. The predicted molar refractivity (Wildman–Crippen MR) is 196 cm³/mol. The Labute approximate surface area is 321 Å². The Morgan fingerprint density at radius 3 is 2.11 bits per heavy atom. The van der Waals surface area contributed by atoms with Crippen molar-refractivity contribution in [3.05, 3.63) is 0 Å². The van der Waals surface area contributed by atoms with Crippen LogP contribution in [0.1, 0.15) is 101 Å². The van der Waals surface area contributed by atoms with Crippen molar-refractivity contribution >= 4 is 17.7 Å². The van der Waals surface area contributed by atoms with Crippen LogP contribution in [0, 0.1) is 23.7 Å². The summed E-state index contributed by atoms with van der Waals surface area (Å²) in [6.45, 7) is 16.3. The van der Waals surface area contributed by atoms with Crippen LogP contribution in [-0.4, -0.2) is 149 Å². The third-order valence-electron chi connectivity index (χ3n) is 11.8. The van der Waals surface area contributed by atoms with Gasteiger partial charge in [0.25, 0.3) is 0 Å². The van der Waals surface area contributed by atoms with Crippen molar-refractivity contribution in [1.29, 1.82) is 0 Å². The maximum Gasteiger partial charge on any atom is 0.311 e. The van der Waals surface area contributed by atoms with Crippen molar-refractivity contribution in [2.75, 3.05) is 21.2 Å². The van der Waals surface area contributed by atoms with Gasteiger partial charge in [-0.2, -0.15) is 0 Å². The molecule has 15 nitrogen and oxygen atoms in total. The van der Waals surface area contributed by atoms with Gasteiger partial charge in [-0.3, -0.25) is 14.4 Å². The van der Waals surface area contributed by atoms with E-state index in [4.69, 9.17) is 33.2 Å². The fraction of sp³-hybridized carbons (Fsp3) is 0.923. The van der Waals surface area contributed by atoms with E-state index in [1.54, 1.807) is 41.5 Å². The first-order chi connectivity index (χ1) is 25.0. The summed E-state index contributed by atoms with van der Waals surface area (Å²) in [7, 11) is 5.20. The zero-order valence-electron chi connectivity index (χ0n) is 34.6. The Bertz CT molecular complexity index is 1250. The highest BCUT2D eigenvalue weighted by atomic mass is 16.7. The molecule has 3 saturated heterocycles. The highest BCUT2D eigenvalue weighted by molar-refractivity contribution is 5.83. The minimum atomic E-state index is -2.01. The number of ether oxygens (including phenoxy) is 7. The van der Waals surface area contributed by atoms with Gasteiger partial charge in [0.2, 0.25) is 0 Å². The van der Waals surface area contributed by atoms with E-state index in [0.717, 1.165) is 0 Å². The summed E-state index contributed by atoms with van der Waals surface area (Å²) in [5.41, 5.74) is -3.84. The predicted octanol–water partition coefficient (Wildman–Crippen LogP) is 2.36. The molecular weight excluding hydrogens is 706 g/mol. The standard InChI is InChI=1S/C39H69NO14/c1-14-27-39(10,47)34(44)21(5)30(42)19(3)18-38(9,46)35(54-37-33(52-28(41)15-2)25(40(11)12)16-20(4)49-37)22(6)32(23(7)36(45)51-27)53-29-17-26(48-13)31(43)24(8)50-29/h19-27,29,31-35,37,43-44,46-47H,14-18H2,1-13H3/t19-,20+,21+,22+,23-,24-,25-,26+,27-,29-,31-,32+,33+,34-,35-,37-,38-,39-/m0/s1. The molecule has 314 valence electrons. The number of Topliss-reactive ketones (excluding diaryl/α,β-unsaturated/α-hetero) is 1. The molecule has 0 aromatic heterocycles. The zero-order valence-corrected chi connectivity index (χ0v) is 34.6.